The molecule has 0 unspecified atom stereocenters. The molecule has 0 saturated carbocycles. The van der Waals surface area contributed by atoms with Gasteiger partial charge in [-0.3, -0.25) is 14.5 Å². The van der Waals surface area contributed by atoms with E-state index in [0.717, 1.165) is 5.56 Å². The number of anilines is 4. The summed E-state index contributed by atoms with van der Waals surface area (Å²) in [5.41, 5.74) is 8.58. The maximum atomic E-state index is 13.6. The first-order valence-electron chi connectivity index (χ1n) is 14.6. The zero-order valence-corrected chi connectivity index (χ0v) is 26.6. The summed E-state index contributed by atoms with van der Waals surface area (Å²) in [5, 5.41) is 5.80. The number of nitrogens with two attached hydrogens (primary N) is 1. The average Bonchev–Trinajstić information content (AvgIpc) is 3.49. The van der Waals surface area contributed by atoms with Crippen LogP contribution in [-0.4, -0.2) is 77.0 Å². The molecule has 4 N–H and O–H groups in total. The smallest absolute Gasteiger partial charge is 0.254 e. The number of likely N-dealkylation sites (tertiary alicyclic amines) is 1. The van der Waals surface area contributed by atoms with Gasteiger partial charge in [0.15, 0.2) is 9.84 Å². The lowest BCUT2D eigenvalue weighted by Crippen LogP contribution is -2.37. The van der Waals surface area contributed by atoms with Crippen molar-refractivity contribution in [1.82, 2.24) is 19.8 Å². The third kappa shape index (κ3) is 6.06. The summed E-state index contributed by atoms with van der Waals surface area (Å²) >= 11 is 0. The van der Waals surface area contributed by atoms with Crippen molar-refractivity contribution in [3.8, 4) is 5.75 Å². The van der Waals surface area contributed by atoms with E-state index in [4.69, 9.17) is 10.5 Å². The topological polar surface area (TPSA) is 160 Å². The number of para-hydroxylation sites is 1. The molecule has 0 radical (unpaired) electrons. The van der Waals surface area contributed by atoms with Crippen LogP contribution in [-0.2, 0) is 21.2 Å². The van der Waals surface area contributed by atoms with Crippen LogP contribution in [0.2, 0.25) is 0 Å². The van der Waals surface area contributed by atoms with Crippen LogP contribution in [0.4, 0.5) is 23.1 Å². The highest BCUT2D eigenvalue weighted by atomic mass is 32.2. The number of rotatable bonds is 10. The normalized spacial score (nSPS) is 18.6. The fourth-order valence-corrected chi connectivity index (χ4v) is 6.79. The number of carbonyl (C=O) groups is 2. The maximum Gasteiger partial charge on any atom is 0.254 e. The van der Waals surface area contributed by atoms with Gasteiger partial charge in [-0.1, -0.05) is 12.1 Å². The first-order chi connectivity index (χ1) is 20.8. The van der Waals surface area contributed by atoms with Crippen LogP contribution in [0.15, 0.2) is 47.5 Å². The number of likely N-dealkylation sites (N-methyl/N-ethyl adjacent to an activating group) is 1. The number of fused-ring (bicyclic) bond motifs is 1. The molecule has 3 aromatic rings. The molecule has 0 spiro atoms. The van der Waals surface area contributed by atoms with Gasteiger partial charge in [-0.2, -0.15) is 4.98 Å². The van der Waals surface area contributed by atoms with Gasteiger partial charge in [-0.05, 0) is 77.9 Å². The molecule has 2 aliphatic heterocycles. The molecule has 5 rings (SSSR count). The van der Waals surface area contributed by atoms with Crippen molar-refractivity contribution in [2.45, 2.75) is 75.9 Å². The molecule has 0 aliphatic carbocycles. The quantitative estimate of drug-likeness (QED) is 0.304. The lowest BCUT2D eigenvalue weighted by Gasteiger charge is -2.23. The molecule has 2 aliphatic rings. The van der Waals surface area contributed by atoms with Crippen molar-refractivity contribution in [3.63, 3.8) is 0 Å². The van der Waals surface area contributed by atoms with Gasteiger partial charge in [0.2, 0.25) is 11.9 Å². The molecule has 44 heavy (non-hydrogen) atoms. The zero-order chi connectivity index (χ0) is 31.9. The molecular formula is C31H39N7O5S. The van der Waals surface area contributed by atoms with Crippen LogP contribution in [0.5, 0.6) is 5.75 Å². The molecule has 3 heterocycles. The summed E-state index contributed by atoms with van der Waals surface area (Å²) in [6, 6.07) is 9.78. The minimum Gasteiger partial charge on any atom is -0.489 e. The van der Waals surface area contributed by atoms with Gasteiger partial charge in [0, 0.05) is 36.5 Å². The summed E-state index contributed by atoms with van der Waals surface area (Å²) in [6.45, 7) is 9.91. The van der Waals surface area contributed by atoms with Gasteiger partial charge in [0.05, 0.1) is 33.7 Å². The molecular weight excluding hydrogens is 582 g/mol. The number of hydrogen-bond donors (Lipinski definition) is 3. The largest absolute Gasteiger partial charge is 0.489 e. The predicted molar refractivity (Wildman–Crippen MR) is 168 cm³/mol. The Morgan fingerprint density at radius 1 is 1.11 bits per heavy atom. The Kier molecular flexibility index (Phi) is 8.54. The van der Waals surface area contributed by atoms with Crippen molar-refractivity contribution >= 4 is 44.8 Å². The van der Waals surface area contributed by atoms with E-state index < -0.39 is 27.0 Å². The number of nitrogens with one attached hydrogen (secondary N) is 2. The van der Waals surface area contributed by atoms with E-state index in [1.54, 1.807) is 55.3 Å². The zero-order valence-electron chi connectivity index (χ0n) is 25.8. The molecule has 2 atom stereocenters. The number of aromatic nitrogens is 2. The van der Waals surface area contributed by atoms with Gasteiger partial charge in [0.25, 0.3) is 5.91 Å². The van der Waals surface area contributed by atoms with E-state index in [1.165, 1.54) is 0 Å². The highest BCUT2D eigenvalue weighted by Crippen LogP contribution is 2.38. The third-order valence-corrected chi connectivity index (χ3v) is 10.2. The Hall–Kier alpha value is -4.23. The lowest BCUT2D eigenvalue weighted by molar-refractivity contribution is -0.121. The molecule has 1 fully saturated rings. The van der Waals surface area contributed by atoms with Crippen molar-refractivity contribution in [1.29, 1.82) is 0 Å². The molecule has 13 heteroatoms. The molecule has 234 valence electrons. The summed E-state index contributed by atoms with van der Waals surface area (Å²) in [7, 11) is -1.71. The number of hydrogen-bond acceptors (Lipinski definition) is 10. The predicted octanol–water partition coefficient (Wildman–Crippen LogP) is 3.76. The standard InChI is InChI=1S/C31H39N7O5S/c1-17(2)43-26-11-20-15-38(21-12-25(28(32)39)37(6)16-21)30(40)22(20)13-24(26)35-31-33-14-19(5)29(36-31)34-23-9-7-8-10-27(23)44(41,42)18(3)4/h7-11,13-14,17-18,21,25H,12,15-16H2,1-6H3,(H2,32,39)(H2,33,34,35,36)/t21-,25-/m0/s1. The summed E-state index contributed by atoms with van der Waals surface area (Å²) < 4.78 is 32.1. The molecule has 12 nitrogen and oxygen atoms in total. The van der Waals surface area contributed by atoms with Crippen LogP contribution in [0, 0.1) is 6.92 Å². The Bertz CT molecular complexity index is 1710. The van der Waals surface area contributed by atoms with Gasteiger partial charge < -0.3 is 26.0 Å². The minimum atomic E-state index is -3.55. The average molecular weight is 622 g/mol. The number of ether oxygens (including phenoxy) is 1. The highest BCUT2D eigenvalue weighted by molar-refractivity contribution is 7.92. The van der Waals surface area contributed by atoms with E-state index >= 15 is 0 Å². The van der Waals surface area contributed by atoms with Crippen LogP contribution in [0.3, 0.4) is 0 Å². The second-order valence-corrected chi connectivity index (χ2v) is 14.4. The van der Waals surface area contributed by atoms with Crippen molar-refractivity contribution in [2.24, 2.45) is 5.73 Å². The van der Waals surface area contributed by atoms with Crippen molar-refractivity contribution in [3.05, 3.63) is 59.3 Å². The number of carbonyl (C=O) groups excluding carboxylic acids is 2. The van der Waals surface area contributed by atoms with Gasteiger partial charge in [0.1, 0.15) is 11.6 Å². The van der Waals surface area contributed by atoms with E-state index in [9.17, 15) is 18.0 Å². The number of nitrogens with zero attached hydrogens (tertiary/aromatic N) is 4. The van der Waals surface area contributed by atoms with Gasteiger partial charge in [-0.15, -0.1) is 0 Å². The minimum absolute atomic E-state index is 0.127. The second kappa shape index (κ2) is 12.0. The highest BCUT2D eigenvalue weighted by Gasteiger charge is 2.41. The summed E-state index contributed by atoms with van der Waals surface area (Å²) in [6.07, 6.45) is 1.98. The van der Waals surface area contributed by atoms with E-state index in [1.807, 2.05) is 38.8 Å². The summed E-state index contributed by atoms with van der Waals surface area (Å²) in [5.74, 6) is 0.685. The summed E-state index contributed by atoms with van der Waals surface area (Å²) in [4.78, 5) is 38.4. The Morgan fingerprint density at radius 3 is 2.50 bits per heavy atom. The van der Waals surface area contributed by atoms with Crippen LogP contribution in [0.1, 0.15) is 55.6 Å². The Balaban J connectivity index is 1.44. The van der Waals surface area contributed by atoms with E-state index in [2.05, 4.69) is 20.6 Å². The Labute approximate surface area is 257 Å². The fourth-order valence-electron chi connectivity index (χ4n) is 5.59. The van der Waals surface area contributed by atoms with E-state index in [0.29, 0.717) is 53.6 Å². The lowest BCUT2D eigenvalue weighted by atomic mass is 10.1. The number of primary amides is 1. The first kappa shape index (κ1) is 31.2. The van der Waals surface area contributed by atoms with Crippen LogP contribution >= 0.6 is 0 Å². The van der Waals surface area contributed by atoms with Gasteiger partial charge in [-0.25, -0.2) is 13.4 Å². The van der Waals surface area contributed by atoms with E-state index in [-0.39, 0.29) is 28.9 Å². The SMILES string of the molecule is Cc1cnc(Nc2cc3c(cc2OC(C)C)CN([C@H]2C[C@@H](C(N)=O)N(C)C2)C3=O)nc1Nc1ccccc1S(=O)(=O)C(C)C. The maximum absolute atomic E-state index is 13.6. The van der Waals surface area contributed by atoms with Crippen LogP contribution in [0.25, 0.3) is 0 Å². The second-order valence-electron chi connectivity index (χ2n) is 11.9. The number of sulfone groups is 1. The van der Waals surface area contributed by atoms with Crippen molar-refractivity contribution < 1.29 is 22.7 Å². The monoisotopic (exact) mass is 621 g/mol. The first-order valence-corrected chi connectivity index (χ1v) is 16.2. The number of benzene rings is 2. The molecule has 2 aromatic carbocycles. The molecule has 0 bridgehead atoms. The molecule has 2 amide bonds. The number of amides is 2. The van der Waals surface area contributed by atoms with Gasteiger partial charge >= 0.3 is 0 Å². The van der Waals surface area contributed by atoms with Crippen molar-refractivity contribution in [2.75, 3.05) is 24.2 Å². The molecule has 1 aromatic heterocycles. The number of aryl methyl sites for hydroxylation is 1. The molecule has 1 saturated heterocycles. The third-order valence-electron chi connectivity index (χ3n) is 7.98. The fraction of sp³-hybridized carbons (Fsp3) is 0.419. The van der Waals surface area contributed by atoms with Crippen LogP contribution < -0.4 is 21.1 Å². The Morgan fingerprint density at radius 2 is 1.84 bits per heavy atom.